The summed E-state index contributed by atoms with van der Waals surface area (Å²) >= 11 is 2.77. The molecule has 1 aliphatic rings. The molecule has 0 atom stereocenters. The van der Waals surface area contributed by atoms with Crippen LogP contribution < -0.4 is 19.5 Å². The van der Waals surface area contributed by atoms with E-state index in [1.807, 2.05) is 41.1 Å². The van der Waals surface area contributed by atoms with Gasteiger partial charge >= 0.3 is 0 Å². The summed E-state index contributed by atoms with van der Waals surface area (Å²) in [5.41, 5.74) is 1.87. The first-order valence-electron chi connectivity index (χ1n) is 9.77. The highest BCUT2D eigenvalue weighted by molar-refractivity contribution is 7.89. The Bertz CT molecular complexity index is 1400. The molecular formula is C22H17N3O5S3. The predicted octanol–water partition coefficient (Wildman–Crippen LogP) is 4.33. The Kier molecular flexibility index (Phi) is 5.85. The zero-order valence-electron chi connectivity index (χ0n) is 17.0. The van der Waals surface area contributed by atoms with Crippen LogP contribution in [0.2, 0.25) is 0 Å². The van der Waals surface area contributed by atoms with Crippen molar-refractivity contribution in [3.8, 4) is 22.8 Å². The van der Waals surface area contributed by atoms with Crippen LogP contribution in [0, 0.1) is 0 Å². The molecule has 4 aromatic rings. The summed E-state index contributed by atoms with van der Waals surface area (Å²) in [6.45, 7) is 0.417. The molecule has 1 aliphatic heterocycles. The number of anilines is 1. The summed E-state index contributed by atoms with van der Waals surface area (Å²) in [4.78, 5) is 18.1. The number of ether oxygens (including phenoxy) is 2. The van der Waals surface area contributed by atoms with Crippen LogP contribution in [0.25, 0.3) is 11.3 Å². The Morgan fingerprint density at radius 3 is 2.64 bits per heavy atom. The molecule has 0 spiro atoms. The molecule has 33 heavy (non-hydrogen) atoms. The fraction of sp³-hybridized carbons (Fsp3) is 0.0909. The van der Waals surface area contributed by atoms with E-state index in [2.05, 4.69) is 15.0 Å². The fourth-order valence-corrected chi connectivity index (χ4v) is 5.59. The summed E-state index contributed by atoms with van der Waals surface area (Å²) < 4.78 is 38.2. The van der Waals surface area contributed by atoms with Crippen LogP contribution in [0.5, 0.6) is 11.5 Å². The van der Waals surface area contributed by atoms with Crippen molar-refractivity contribution in [2.24, 2.45) is 0 Å². The molecule has 0 aliphatic carbocycles. The molecule has 5 rings (SSSR count). The summed E-state index contributed by atoms with van der Waals surface area (Å²) in [6.07, 6.45) is 0. The first-order valence-corrected chi connectivity index (χ1v) is 13.0. The van der Waals surface area contributed by atoms with Crippen LogP contribution in [0.3, 0.4) is 0 Å². The van der Waals surface area contributed by atoms with E-state index >= 15 is 0 Å². The number of thiazole rings is 1. The molecule has 0 bridgehead atoms. The van der Waals surface area contributed by atoms with Gasteiger partial charge < -0.3 is 9.47 Å². The fourth-order valence-electron chi connectivity index (χ4n) is 3.14. The molecule has 2 aromatic heterocycles. The highest BCUT2D eigenvalue weighted by Crippen LogP contribution is 2.36. The van der Waals surface area contributed by atoms with Crippen LogP contribution in [-0.2, 0) is 16.6 Å². The largest absolute Gasteiger partial charge is 0.454 e. The normalized spacial score (nSPS) is 12.6. The van der Waals surface area contributed by atoms with Gasteiger partial charge in [-0.1, -0.05) is 6.07 Å². The third-order valence-electron chi connectivity index (χ3n) is 4.84. The smallest absolute Gasteiger partial charge is 0.257 e. The Morgan fingerprint density at radius 2 is 1.85 bits per heavy atom. The van der Waals surface area contributed by atoms with Gasteiger partial charge in [-0.2, -0.15) is 0 Å². The van der Waals surface area contributed by atoms with Gasteiger partial charge in [0.05, 0.1) is 10.6 Å². The predicted molar refractivity (Wildman–Crippen MR) is 126 cm³/mol. The van der Waals surface area contributed by atoms with E-state index in [1.165, 1.54) is 46.9 Å². The van der Waals surface area contributed by atoms with Crippen molar-refractivity contribution in [2.75, 3.05) is 12.1 Å². The van der Waals surface area contributed by atoms with Gasteiger partial charge in [-0.05, 0) is 53.9 Å². The standard InChI is InChI=1S/C22H17N3O5S3/c26-21(14-3-6-17(7-4-14)33(27,28)23-11-16-2-1-9-31-16)25-22-24-18(12-32-22)15-5-8-19-20(10-15)30-13-29-19/h1-10,12,23H,11,13H2,(H,24,25,26). The molecular weight excluding hydrogens is 482 g/mol. The third kappa shape index (κ3) is 4.76. The monoisotopic (exact) mass is 499 g/mol. The lowest BCUT2D eigenvalue weighted by atomic mass is 10.1. The average Bonchev–Trinajstić information content (AvgIpc) is 3.59. The number of aromatic nitrogens is 1. The maximum atomic E-state index is 12.6. The van der Waals surface area contributed by atoms with Gasteiger partial charge in [0, 0.05) is 27.9 Å². The Labute approximate surface area is 197 Å². The van der Waals surface area contributed by atoms with Crippen molar-refractivity contribution in [1.29, 1.82) is 0 Å². The number of carbonyl (C=O) groups is 1. The molecule has 3 heterocycles. The first kappa shape index (κ1) is 21.6. The number of sulfonamides is 1. The number of fused-ring (bicyclic) bond motifs is 1. The lowest BCUT2D eigenvalue weighted by Crippen LogP contribution is -2.23. The lowest BCUT2D eigenvalue weighted by molar-refractivity contribution is 0.102. The molecule has 1 amide bonds. The van der Waals surface area contributed by atoms with Crippen LogP contribution >= 0.6 is 22.7 Å². The number of amides is 1. The average molecular weight is 500 g/mol. The lowest BCUT2D eigenvalue weighted by Gasteiger charge is -2.07. The summed E-state index contributed by atoms with van der Waals surface area (Å²) in [6, 6.07) is 15.0. The van der Waals surface area contributed by atoms with Crippen molar-refractivity contribution < 1.29 is 22.7 Å². The molecule has 0 saturated carbocycles. The molecule has 2 aromatic carbocycles. The number of hydrogen-bond donors (Lipinski definition) is 2. The molecule has 11 heteroatoms. The van der Waals surface area contributed by atoms with E-state index < -0.39 is 10.0 Å². The van der Waals surface area contributed by atoms with Gasteiger partial charge in [-0.3, -0.25) is 10.1 Å². The zero-order valence-corrected chi connectivity index (χ0v) is 19.4. The number of rotatable bonds is 7. The molecule has 2 N–H and O–H groups in total. The summed E-state index contributed by atoms with van der Waals surface area (Å²) in [5, 5.41) is 6.91. The number of thiophene rings is 1. The quantitative estimate of drug-likeness (QED) is 0.392. The van der Waals surface area contributed by atoms with E-state index in [9.17, 15) is 13.2 Å². The minimum Gasteiger partial charge on any atom is -0.454 e. The number of carbonyl (C=O) groups excluding carboxylic acids is 1. The van der Waals surface area contributed by atoms with Crippen molar-refractivity contribution in [2.45, 2.75) is 11.4 Å². The maximum Gasteiger partial charge on any atom is 0.257 e. The van der Waals surface area contributed by atoms with Gasteiger partial charge in [0.15, 0.2) is 16.6 Å². The SMILES string of the molecule is O=C(Nc1nc(-c2ccc3c(c2)OCO3)cs1)c1ccc(S(=O)(=O)NCc2cccs2)cc1. The number of nitrogens with zero attached hydrogens (tertiary/aromatic N) is 1. The van der Waals surface area contributed by atoms with E-state index in [0.29, 0.717) is 27.9 Å². The first-order chi connectivity index (χ1) is 16.0. The van der Waals surface area contributed by atoms with Crippen LogP contribution in [-0.4, -0.2) is 26.1 Å². The van der Waals surface area contributed by atoms with E-state index in [-0.39, 0.29) is 24.1 Å². The van der Waals surface area contributed by atoms with Gasteiger partial charge in [0.25, 0.3) is 5.91 Å². The Hall–Kier alpha value is -3.25. The zero-order chi connectivity index (χ0) is 22.8. The maximum absolute atomic E-state index is 12.6. The Morgan fingerprint density at radius 1 is 1.03 bits per heavy atom. The molecule has 0 saturated heterocycles. The third-order valence-corrected chi connectivity index (χ3v) is 7.89. The van der Waals surface area contributed by atoms with E-state index in [1.54, 1.807) is 0 Å². The van der Waals surface area contributed by atoms with E-state index in [0.717, 1.165) is 10.4 Å². The van der Waals surface area contributed by atoms with Gasteiger partial charge in [-0.15, -0.1) is 22.7 Å². The minimum absolute atomic E-state index is 0.0925. The molecule has 8 nitrogen and oxygen atoms in total. The Balaban J connectivity index is 1.24. The van der Waals surface area contributed by atoms with Crippen LogP contribution in [0.1, 0.15) is 15.2 Å². The second kappa shape index (κ2) is 8.94. The molecule has 0 radical (unpaired) electrons. The molecule has 168 valence electrons. The second-order valence-corrected chi connectivity index (χ2v) is 10.6. The van der Waals surface area contributed by atoms with Crippen molar-refractivity contribution in [3.63, 3.8) is 0 Å². The van der Waals surface area contributed by atoms with E-state index in [4.69, 9.17) is 9.47 Å². The minimum atomic E-state index is -3.67. The van der Waals surface area contributed by atoms with Crippen molar-refractivity contribution >= 4 is 43.7 Å². The highest BCUT2D eigenvalue weighted by Gasteiger charge is 2.17. The summed E-state index contributed by atoms with van der Waals surface area (Å²) in [7, 11) is -3.67. The second-order valence-electron chi connectivity index (χ2n) is 6.99. The van der Waals surface area contributed by atoms with Crippen molar-refractivity contribution in [1.82, 2.24) is 9.71 Å². The number of benzene rings is 2. The van der Waals surface area contributed by atoms with Crippen LogP contribution in [0.4, 0.5) is 5.13 Å². The van der Waals surface area contributed by atoms with Gasteiger partial charge in [-0.25, -0.2) is 18.1 Å². The highest BCUT2D eigenvalue weighted by atomic mass is 32.2. The molecule has 0 unspecified atom stereocenters. The van der Waals surface area contributed by atoms with Gasteiger partial charge in [0.1, 0.15) is 0 Å². The van der Waals surface area contributed by atoms with Crippen LogP contribution in [0.15, 0.2) is 70.3 Å². The number of hydrogen-bond acceptors (Lipinski definition) is 8. The summed E-state index contributed by atoms with van der Waals surface area (Å²) in [5.74, 6) is 0.970. The number of nitrogens with one attached hydrogen (secondary N) is 2. The van der Waals surface area contributed by atoms with Crippen molar-refractivity contribution in [3.05, 3.63) is 75.8 Å². The van der Waals surface area contributed by atoms with Gasteiger partial charge in [0.2, 0.25) is 16.8 Å². The topological polar surface area (TPSA) is 107 Å². The molecule has 0 fully saturated rings.